The number of Topliss-reactive ketones (excluding diaryl/α,β-unsaturated/α-hetero) is 2. The molecule has 2 aromatic carbocycles. The molecule has 1 atom stereocenters. The molecule has 0 amide bonds. The predicted octanol–water partition coefficient (Wildman–Crippen LogP) is 3.98. The van der Waals surface area contributed by atoms with Crippen molar-refractivity contribution in [3.63, 3.8) is 0 Å². The number of benzene rings is 2. The van der Waals surface area contributed by atoms with E-state index in [9.17, 15) is 14.4 Å². The average molecular weight is 334 g/mol. The summed E-state index contributed by atoms with van der Waals surface area (Å²) in [4.78, 5) is 38.0. The molecule has 0 saturated heterocycles. The standard InChI is InChI=1S/C21H18O4/c1-14-18(19(23)16-11-7-4-8-12-16)21(2,20(24)25-14)13-17(22)15-9-5-3-6-10-15/h3-12H,13H2,1-2H3. The summed E-state index contributed by atoms with van der Waals surface area (Å²) >= 11 is 0. The fourth-order valence-electron chi connectivity index (χ4n) is 3.15. The zero-order chi connectivity index (χ0) is 18.0. The normalized spacial score (nSPS) is 19.7. The number of hydrogen-bond donors (Lipinski definition) is 0. The van der Waals surface area contributed by atoms with E-state index < -0.39 is 11.4 Å². The molecule has 1 aliphatic rings. The molecular formula is C21H18O4. The lowest BCUT2D eigenvalue weighted by molar-refractivity contribution is -0.144. The third kappa shape index (κ3) is 3.03. The fourth-order valence-corrected chi connectivity index (χ4v) is 3.15. The molecule has 0 aromatic heterocycles. The number of cyclic esters (lactones) is 1. The highest BCUT2D eigenvalue weighted by Crippen LogP contribution is 2.43. The van der Waals surface area contributed by atoms with Crippen LogP contribution in [-0.2, 0) is 9.53 Å². The van der Waals surface area contributed by atoms with Gasteiger partial charge in [-0.15, -0.1) is 0 Å². The number of ether oxygens (including phenoxy) is 1. The van der Waals surface area contributed by atoms with Crippen LogP contribution in [-0.4, -0.2) is 17.5 Å². The first-order valence-electron chi connectivity index (χ1n) is 8.05. The van der Waals surface area contributed by atoms with Crippen molar-refractivity contribution in [3.8, 4) is 0 Å². The summed E-state index contributed by atoms with van der Waals surface area (Å²) in [7, 11) is 0. The lowest BCUT2D eigenvalue weighted by Crippen LogP contribution is -2.32. The van der Waals surface area contributed by atoms with Crippen LogP contribution in [0.15, 0.2) is 72.0 Å². The summed E-state index contributed by atoms with van der Waals surface area (Å²) in [5.74, 6) is -0.781. The van der Waals surface area contributed by atoms with Gasteiger partial charge in [-0.1, -0.05) is 60.7 Å². The molecule has 1 heterocycles. The molecule has 3 rings (SSSR count). The van der Waals surface area contributed by atoms with Crippen LogP contribution in [0.25, 0.3) is 0 Å². The Bertz CT molecular complexity index is 865. The first-order chi connectivity index (χ1) is 11.9. The minimum atomic E-state index is -1.29. The van der Waals surface area contributed by atoms with Gasteiger partial charge >= 0.3 is 5.97 Å². The van der Waals surface area contributed by atoms with Crippen molar-refractivity contribution in [2.75, 3.05) is 0 Å². The quantitative estimate of drug-likeness (QED) is 0.613. The second kappa shape index (κ2) is 6.48. The number of esters is 1. The van der Waals surface area contributed by atoms with Crippen molar-refractivity contribution in [2.24, 2.45) is 5.41 Å². The van der Waals surface area contributed by atoms with E-state index in [-0.39, 0.29) is 29.3 Å². The maximum atomic E-state index is 12.9. The monoisotopic (exact) mass is 334 g/mol. The topological polar surface area (TPSA) is 60.4 Å². The number of carbonyl (C=O) groups is 3. The molecule has 1 aliphatic heterocycles. The van der Waals surface area contributed by atoms with E-state index in [0.29, 0.717) is 11.1 Å². The highest BCUT2D eigenvalue weighted by Gasteiger charge is 2.50. The maximum absolute atomic E-state index is 12.9. The molecule has 0 fully saturated rings. The van der Waals surface area contributed by atoms with E-state index in [1.54, 1.807) is 62.4 Å². The number of rotatable bonds is 5. The number of ketones is 2. The van der Waals surface area contributed by atoms with E-state index in [4.69, 9.17) is 4.74 Å². The molecule has 0 bridgehead atoms. The number of carbonyl (C=O) groups excluding carboxylic acids is 3. The SMILES string of the molecule is CC1=C(C(=O)c2ccccc2)C(C)(CC(=O)c2ccccc2)C(=O)O1. The summed E-state index contributed by atoms with van der Waals surface area (Å²) in [6, 6.07) is 17.4. The van der Waals surface area contributed by atoms with Gasteiger partial charge in [0, 0.05) is 17.5 Å². The number of allylic oxidation sites excluding steroid dienone is 1. The average Bonchev–Trinajstić information content (AvgIpc) is 2.84. The lowest BCUT2D eigenvalue weighted by Gasteiger charge is -2.22. The summed E-state index contributed by atoms with van der Waals surface area (Å²) in [5, 5.41) is 0. The minimum Gasteiger partial charge on any atom is -0.430 e. The van der Waals surface area contributed by atoms with Crippen LogP contribution in [0.4, 0.5) is 0 Å². The Morgan fingerprint density at radius 3 is 2.00 bits per heavy atom. The van der Waals surface area contributed by atoms with Gasteiger partial charge in [0.1, 0.15) is 11.2 Å². The van der Waals surface area contributed by atoms with Crippen LogP contribution >= 0.6 is 0 Å². The van der Waals surface area contributed by atoms with Crippen molar-refractivity contribution < 1.29 is 19.1 Å². The maximum Gasteiger partial charge on any atom is 0.322 e. The van der Waals surface area contributed by atoms with Crippen LogP contribution in [0.5, 0.6) is 0 Å². The Balaban J connectivity index is 1.96. The molecule has 4 nitrogen and oxygen atoms in total. The van der Waals surface area contributed by atoms with Gasteiger partial charge in [-0.3, -0.25) is 14.4 Å². The number of hydrogen-bond acceptors (Lipinski definition) is 4. The summed E-state index contributed by atoms with van der Waals surface area (Å²) in [5.41, 5.74) is -0.0571. The van der Waals surface area contributed by atoms with E-state index in [1.165, 1.54) is 0 Å². The second-order valence-corrected chi connectivity index (χ2v) is 6.31. The largest absolute Gasteiger partial charge is 0.430 e. The zero-order valence-corrected chi connectivity index (χ0v) is 14.1. The van der Waals surface area contributed by atoms with Gasteiger partial charge in [-0.25, -0.2) is 0 Å². The van der Waals surface area contributed by atoms with Crippen molar-refractivity contribution in [3.05, 3.63) is 83.1 Å². The zero-order valence-electron chi connectivity index (χ0n) is 14.1. The minimum absolute atomic E-state index is 0.110. The van der Waals surface area contributed by atoms with Gasteiger partial charge < -0.3 is 4.74 Å². The molecule has 0 radical (unpaired) electrons. The van der Waals surface area contributed by atoms with Gasteiger partial charge in [0.05, 0.1) is 5.57 Å². The van der Waals surface area contributed by atoms with Gasteiger partial charge in [-0.2, -0.15) is 0 Å². The highest BCUT2D eigenvalue weighted by molar-refractivity contribution is 6.15. The Morgan fingerprint density at radius 1 is 0.920 bits per heavy atom. The van der Waals surface area contributed by atoms with E-state index in [2.05, 4.69) is 0 Å². The molecule has 1 unspecified atom stereocenters. The summed E-state index contributed by atoms with van der Waals surface area (Å²) in [6.45, 7) is 3.19. The molecule has 0 saturated carbocycles. The molecule has 126 valence electrons. The molecule has 0 spiro atoms. The van der Waals surface area contributed by atoms with Crippen LogP contribution in [0.2, 0.25) is 0 Å². The third-order valence-corrected chi connectivity index (χ3v) is 4.47. The Labute approximate surface area is 146 Å². The first kappa shape index (κ1) is 16.8. The molecule has 25 heavy (non-hydrogen) atoms. The van der Waals surface area contributed by atoms with Crippen molar-refractivity contribution in [2.45, 2.75) is 20.3 Å². The van der Waals surface area contributed by atoms with E-state index >= 15 is 0 Å². The van der Waals surface area contributed by atoms with E-state index in [1.807, 2.05) is 12.1 Å². The Hall–Kier alpha value is -3.01. The second-order valence-electron chi connectivity index (χ2n) is 6.31. The highest BCUT2D eigenvalue weighted by atomic mass is 16.5. The van der Waals surface area contributed by atoms with Crippen LogP contribution in [0.3, 0.4) is 0 Å². The smallest absolute Gasteiger partial charge is 0.322 e. The Kier molecular flexibility index (Phi) is 4.36. The van der Waals surface area contributed by atoms with Gasteiger partial charge in [0.2, 0.25) is 0 Å². The molecular weight excluding hydrogens is 316 g/mol. The lowest BCUT2D eigenvalue weighted by atomic mass is 9.75. The van der Waals surface area contributed by atoms with Crippen LogP contribution in [0.1, 0.15) is 41.0 Å². The fraction of sp³-hybridized carbons (Fsp3) is 0.190. The first-order valence-corrected chi connectivity index (χ1v) is 8.05. The Morgan fingerprint density at radius 2 is 1.44 bits per heavy atom. The summed E-state index contributed by atoms with van der Waals surface area (Å²) in [6.07, 6.45) is -0.110. The predicted molar refractivity (Wildman–Crippen MR) is 93.1 cm³/mol. The van der Waals surface area contributed by atoms with Gasteiger partial charge in [0.15, 0.2) is 11.6 Å². The van der Waals surface area contributed by atoms with Crippen molar-refractivity contribution in [1.82, 2.24) is 0 Å². The molecule has 0 N–H and O–H groups in total. The molecule has 0 aliphatic carbocycles. The van der Waals surface area contributed by atoms with Gasteiger partial charge in [-0.05, 0) is 13.8 Å². The third-order valence-electron chi connectivity index (χ3n) is 4.47. The van der Waals surface area contributed by atoms with Crippen molar-refractivity contribution >= 4 is 17.5 Å². The molecule has 2 aromatic rings. The van der Waals surface area contributed by atoms with E-state index in [0.717, 1.165) is 0 Å². The molecule has 4 heteroatoms. The van der Waals surface area contributed by atoms with Crippen molar-refractivity contribution in [1.29, 1.82) is 0 Å². The summed E-state index contributed by atoms with van der Waals surface area (Å²) < 4.78 is 5.24. The van der Waals surface area contributed by atoms with Crippen LogP contribution in [0, 0.1) is 5.41 Å². The van der Waals surface area contributed by atoms with Gasteiger partial charge in [0.25, 0.3) is 0 Å². The van der Waals surface area contributed by atoms with Crippen LogP contribution < -0.4 is 0 Å².